The predicted molar refractivity (Wildman–Crippen MR) is 60.1 cm³/mol. The van der Waals surface area contributed by atoms with Gasteiger partial charge in [0.25, 0.3) is 0 Å². The molecule has 1 aliphatic rings. The van der Waals surface area contributed by atoms with Crippen molar-refractivity contribution in [3.63, 3.8) is 0 Å². The lowest BCUT2D eigenvalue weighted by atomic mass is 10.1. The highest BCUT2D eigenvalue weighted by Crippen LogP contribution is 2.36. The molecule has 82 valence electrons. The zero-order valence-corrected chi connectivity index (χ0v) is 9.20. The summed E-state index contributed by atoms with van der Waals surface area (Å²) in [7, 11) is 0. The van der Waals surface area contributed by atoms with Crippen molar-refractivity contribution < 1.29 is 9.84 Å². The summed E-state index contributed by atoms with van der Waals surface area (Å²) in [6, 6.07) is 5.97. The Morgan fingerprint density at radius 3 is 3.13 bits per heavy atom. The third kappa shape index (κ3) is 2.15. The summed E-state index contributed by atoms with van der Waals surface area (Å²) in [5.74, 6) is 0.970. The molecule has 0 heterocycles. The largest absolute Gasteiger partial charge is 0.493 e. The number of aliphatic hydroxyl groups excluding tert-OH is 1. The van der Waals surface area contributed by atoms with Crippen LogP contribution in [0.2, 0.25) is 0 Å². The molecule has 0 amide bonds. The van der Waals surface area contributed by atoms with Crippen molar-refractivity contribution in [3.8, 4) is 5.75 Å². The number of benzene rings is 1. The molecule has 1 aromatic rings. The summed E-state index contributed by atoms with van der Waals surface area (Å²) >= 11 is 0. The van der Waals surface area contributed by atoms with Gasteiger partial charge in [0.05, 0.1) is 12.7 Å². The van der Waals surface area contributed by atoms with Crippen molar-refractivity contribution in [2.24, 2.45) is 0 Å². The summed E-state index contributed by atoms with van der Waals surface area (Å²) in [4.78, 5) is 0. The zero-order chi connectivity index (χ0) is 10.7. The molecule has 1 N–H and O–H groups in total. The Labute approximate surface area is 90.9 Å². The van der Waals surface area contributed by atoms with Crippen LogP contribution in [-0.4, -0.2) is 11.7 Å². The van der Waals surface area contributed by atoms with Crippen LogP contribution in [0.25, 0.3) is 0 Å². The van der Waals surface area contributed by atoms with Crippen molar-refractivity contribution in [3.05, 3.63) is 29.3 Å². The first-order chi connectivity index (χ1) is 7.33. The van der Waals surface area contributed by atoms with Gasteiger partial charge in [0, 0.05) is 5.56 Å². The summed E-state index contributed by atoms with van der Waals surface area (Å²) in [6.07, 6.45) is 3.74. The maximum Gasteiger partial charge on any atom is 0.122 e. The van der Waals surface area contributed by atoms with E-state index in [1.165, 1.54) is 5.56 Å². The number of fused-ring (bicyclic) bond motifs is 1. The molecule has 2 nitrogen and oxygen atoms in total. The molecule has 15 heavy (non-hydrogen) atoms. The molecule has 0 saturated heterocycles. The third-order valence-corrected chi connectivity index (χ3v) is 2.95. The fourth-order valence-electron chi connectivity index (χ4n) is 2.06. The van der Waals surface area contributed by atoms with E-state index < -0.39 is 0 Å². The number of aliphatic hydroxyl groups is 1. The van der Waals surface area contributed by atoms with Crippen LogP contribution in [0, 0.1) is 0 Å². The summed E-state index contributed by atoms with van der Waals surface area (Å²) in [5, 5.41) is 9.72. The molecule has 0 saturated carbocycles. The van der Waals surface area contributed by atoms with Gasteiger partial charge in [-0.1, -0.05) is 25.5 Å². The second-order valence-electron chi connectivity index (χ2n) is 4.08. The Balaban J connectivity index is 2.12. The lowest BCUT2D eigenvalue weighted by Gasteiger charge is -2.10. The quantitative estimate of drug-likeness (QED) is 0.767. The highest BCUT2D eigenvalue weighted by molar-refractivity contribution is 5.44. The van der Waals surface area contributed by atoms with Gasteiger partial charge in [-0.2, -0.15) is 0 Å². The van der Waals surface area contributed by atoms with Crippen LogP contribution < -0.4 is 4.74 Å². The van der Waals surface area contributed by atoms with Crippen LogP contribution in [0.4, 0.5) is 0 Å². The van der Waals surface area contributed by atoms with E-state index in [1.807, 2.05) is 18.2 Å². The molecule has 0 aliphatic heterocycles. The maximum atomic E-state index is 9.72. The number of ether oxygens (including phenoxy) is 1. The molecular formula is C13H18O2. The Kier molecular flexibility index (Phi) is 3.27. The molecule has 0 spiro atoms. The Morgan fingerprint density at radius 1 is 1.47 bits per heavy atom. The van der Waals surface area contributed by atoms with E-state index in [9.17, 15) is 5.11 Å². The minimum absolute atomic E-state index is 0.283. The first-order valence-corrected chi connectivity index (χ1v) is 5.75. The lowest BCUT2D eigenvalue weighted by molar-refractivity contribution is 0.180. The molecular weight excluding hydrogens is 188 g/mol. The van der Waals surface area contributed by atoms with Crippen LogP contribution in [0.5, 0.6) is 5.75 Å². The van der Waals surface area contributed by atoms with Gasteiger partial charge in [-0.05, 0) is 30.9 Å². The third-order valence-electron chi connectivity index (χ3n) is 2.95. The van der Waals surface area contributed by atoms with Gasteiger partial charge in [0.15, 0.2) is 0 Å². The number of unbranched alkanes of at least 4 members (excludes halogenated alkanes) is 1. The number of hydrogen-bond acceptors (Lipinski definition) is 2. The maximum absolute atomic E-state index is 9.72. The van der Waals surface area contributed by atoms with Crippen molar-refractivity contribution in [2.75, 3.05) is 6.61 Å². The van der Waals surface area contributed by atoms with Crippen molar-refractivity contribution in [1.29, 1.82) is 0 Å². The predicted octanol–water partition coefficient (Wildman–Crippen LogP) is 2.85. The fourth-order valence-corrected chi connectivity index (χ4v) is 2.06. The summed E-state index contributed by atoms with van der Waals surface area (Å²) in [6.45, 7) is 2.94. The van der Waals surface area contributed by atoms with E-state index in [-0.39, 0.29) is 6.10 Å². The smallest absolute Gasteiger partial charge is 0.122 e. The molecule has 0 aromatic heterocycles. The number of hydrogen-bond donors (Lipinski definition) is 1. The second kappa shape index (κ2) is 4.67. The normalized spacial score (nSPS) is 18.9. The van der Waals surface area contributed by atoms with Gasteiger partial charge in [0.1, 0.15) is 5.75 Å². The first kappa shape index (κ1) is 10.5. The van der Waals surface area contributed by atoms with Gasteiger partial charge in [-0.25, -0.2) is 0 Å². The molecule has 2 rings (SSSR count). The monoisotopic (exact) mass is 206 g/mol. The Morgan fingerprint density at radius 2 is 2.33 bits per heavy atom. The van der Waals surface area contributed by atoms with Crippen LogP contribution >= 0.6 is 0 Å². The average Bonchev–Trinajstić information content (AvgIpc) is 2.62. The van der Waals surface area contributed by atoms with E-state index in [2.05, 4.69) is 6.92 Å². The molecule has 1 aliphatic carbocycles. The van der Waals surface area contributed by atoms with E-state index in [0.717, 1.165) is 43.6 Å². The first-order valence-electron chi connectivity index (χ1n) is 5.75. The summed E-state index contributed by atoms with van der Waals surface area (Å²) in [5.41, 5.74) is 2.27. The summed E-state index contributed by atoms with van der Waals surface area (Å²) < 4.78 is 5.73. The Bertz CT molecular complexity index is 333. The van der Waals surface area contributed by atoms with Gasteiger partial charge in [-0.15, -0.1) is 0 Å². The molecule has 2 heteroatoms. The minimum atomic E-state index is -0.283. The van der Waals surface area contributed by atoms with E-state index in [1.54, 1.807) is 0 Å². The SMILES string of the molecule is CCCCOc1cccc2c1CCC2O. The zero-order valence-electron chi connectivity index (χ0n) is 9.20. The molecule has 1 unspecified atom stereocenters. The minimum Gasteiger partial charge on any atom is -0.493 e. The van der Waals surface area contributed by atoms with Gasteiger partial charge < -0.3 is 9.84 Å². The van der Waals surface area contributed by atoms with Crippen molar-refractivity contribution in [2.45, 2.75) is 38.7 Å². The highest BCUT2D eigenvalue weighted by Gasteiger charge is 2.22. The molecule has 0 radical (unpaired) electrons. The fraction of sp³-hybridized carbons (Fsp3) is 0.538. The average molecular weight is 206 g/mol. The molecule has 0 fully saturated rings. The van der Waals surface area contributed by atoms with Gasteiger partial charge in [0.2, 0.25) is 0 Å². The lowest BCUT2D eigenvalue weighted by Crippen LogP contribution is -1.99. The topological polar surface area (TPSA) is 29.5 Å². The van der Waals surface area contributed by atoms with E-state index >= 15 is 0 Å². The van der Waals surface area contributed by atoms with Crippen LogP contribution in [0.3, 0.4) is 0 Å². The molecule has 0 bridgehead atoms. The van der Waals surface area contributed by atoms with E-state index in [0.29, 0.717) is 0 Å². The van der Waals surface area contributed by atoms with Crippen molar-refractivity contribution in [1.82, 2.24) is 0 Å². The van der Waals surface area contributed by atoms with E-state index in [4.69, 9.17) is 4.74 Å². The second-order valence-corrected chi connectivity index (χ2v) is 4.08. The van der Waals surface area contributed by atoms with Gasteiger partial charge >= 0.3 is 0 Å². The Hall–Kier alpha value is -1.02. The van der Waals surface area contributed by atoms with Crippen LogP contribution in [-0.2, 0) is 6.42 Å². The standard InChI is InChI=1S/C13H18O2/c1-2-3-9-15-13-6-4-5-10-11(13)7-8-12(10)14/h4-6,12,14H,2-3,7-9H2,1H3. The number of rotatable bonds is 4. The molecule has 1 atom stereocenters. The van der Waals surface area contributed by atoms with Gasteiger partial charge in [-0.3, -0.25) is 0 Å². The van der Waals surface area contributed by atoms with Crippen LogP contribution in [0.15, 0.2) is 18.2 Å². The molecule has 1 aromatic carbocycles. The van der Waals surface area contributed by atoms with Crippen LogP contribution in [0.1, 0.15) is 43.4 Å². The highest BCUT2D eigenvalue weighted by atomic mass is 16.5. The van der Waals surface area contributed by atoms with Crippen molar-refractivity contribution >= 4 is 0 Å².